The first kappa shape index (κ1) is 15.3. The predicted octanol–water partition coefficient (Wildman–Crippen LogP) is 0.589. The van der Waals surface area contributed by atoms with Crippen molar-refractivity contribution in [2.45, 2.75) is 32.6 Å². The van der Waals surface area contributed by atoms with Gasteiger partial charge >= 0.3 is 12.2 Å². The third-order valence-electron chi connectivity index (χ3n) is 2.63. The van der Waals surface area contributed by atoms with Crippen LogP contribution in [0.25, 0.3) is 0 Å². The van der Waals surface area contributed by atoms with Gasteiger partial charge in [0.1, 0.15) is 0 Å². The summed E-state index contributed by atoms with van der Waals surface area (Å²) in [5, 5.41) is 3.09. The van der Waals surface area contributed by atoms with E-state index < -0.39 is 35.1 Å². The van der Waals surface area contributed by atoms with Gasteiger partial charge in [-0.05, 0) is 0 Å². The molecule has 2 N–H and O–H groups in total. The Bertz CT molecular complexity index is 442. The van der Waals surface area contributed by atoms with Crippen molar-refractivity contribution in [2.75, 3.05) is 7.05 Å². The predicted molar refractivity (Wildman–Crippen MR) is 57.7 cm³/mol. The van der Waals surface area contributed by atoms with Crippen LogP contribution >= 0.6 is 0 Å². The van der Waals surface area contributed by atoms with E-state index in [0.717, 1.165) is 7.05 Å². The third kappa shape index (κ3) is 2.36. The number of halogens is 3. The summed E-state index contributed by atoms with van der Waals surface area (Å²) in [7, 11) is 0.897. The number of amides is 4. The van der Waals surface area contributed by atoms with Crippen molar-refractivity contribution >= 4 is 17.8 Å². The fourth-order valence-corrected chi connectivity index (χ4v) is 1.35. The average molecular weight is 281 g/mol. The Kier molecular flexibility index (Phi) is 3.30. The third-order valence-corrected chi connectivity index (χ3v) is 2.63. The maximum atomic E-state index is 13.1. The molecule has 9 heteroatoms. The minimum absolute atomic E-state index is 0.274. The molecule has 1 aliphatic rings. The van der Waals surface area contributed by atoms with Gasteiger partial charge in [-0.3, -0.25) is 19.8 Å². The van der Waals surface area contributed by atoms with E-state index in [9.17, 15) is 27.6 Å². The largest absolute Gasteiger partial charge is 0.440 e. The van der Waals surface area contributed by atoms with Crippen molar-refractivity contribution in [2.24, 2.45) is 5.41 Å². The minimum atomic E-state index is -5.15. The number of carbonyl (C=O) groups is 3. The molecule has 1 aliphatic heterocycles. The fraction of sp³-hybridized carbons (Fsp3) is 0.700. The highest BCUT2D eigenvalue weighted by Gasteiger charge is 2.68. The Balaban J connectivity index is 3.22. The molecule has 0 spiro atoms. The SMILES string of the molecule is CN1C(=O)NC(NC(=O)C(C)(C)C)(C(F)(F)F)C1=O. The molecule has 0 aromatic heterocycles. The number of nitrogens with one attached hydrogen (secondary N) is 2. The van der Waals surface area contributed by atoms with Crippen molar-refractivity contribution in [3.8, 4) is 0 Å². The molecule has 0 aromatic carbocycles. The lowest BCUT2D eigenvalue weighted by Gasteiger charge is -2.32. The van der Waals surface area contributed by atoms with Crippen molar-refractivity contribution in [3.05, 3.63) is 0 Å². The van der Waals surface area contributed by atoms with Gasteiger partial charge in [-0.2, -0.15) is 13.2 Å². The van der Waals surface area contributed by atoms with Crippen molar-refractivity contribution in [1.82, 2.24) is 15.5 Å². The number of likely N-dealkylation sites (N-methyl/N-ethyl adjacent to an activating group) is 1. The average Bonchev–Trinajstić information content (AvgIpc) is 2.42. The number of carbonyl (C=O) groups excluding carboxylic acids is 3. The number of alkyl halides is 3. The first-order chi connectivity index (χ1) is 8.33. The molecular weight excluding hydrogens is 267 g/mol. The Morgan fingerprint density at radius 1 is 1.26 bits per heavy atom. The molecule has 0 aromatic rings. The van der Waals surface area contributed by atoms with Gasteiger partial charge in [-0.25, -0.2) is 4.79 Å². The monoisotopic (exact) mass is 281 g/mol. The van der Waals surface area contributed by atoms with E-state index in [2.05, 4.69) is 0 Å². The molecule has 0 bridgehead atoms. The number of hydrogen-bond donors (Lipinski definition) is 2. The van der Waals surface area contributed by atoms with Crippen LogP contribution in [0.1, 0.15) is 20.8 Å². The molecule has 6 nitrogen and oxygen atoms in total. The van der Waals surface area contributed by atoms with Gasteiger partial charge in [0.25, 0.3) is 11.6 Å². The molecular formula is C10H14F3N3O3. The molecule has 0 saturated carbocycles. The quantitative estimate of drug-likeness (QED) is 0.690. The zero-order chi connectivity index (χ0) is 15.2. The number of nitrogens with zero attached hydrogens (tertiary/aromatic N) is 1. The maximum absolute atomic E-state index is 13.1. The number of imide groups is 1. The summed E-state index contributed by atoms with van der Waals surface area (Å²) >= 11 is 0. The second-order valence-electron chi connectivity index (χ2n) is 5.25. The number of urea groups is 1. The highest BCUT2D eigenvalue weighted by molar-refractivity contribution is 6.08. The van der Waals surface area contributed by atoms with Gasteiger partial charge in [0.2, 0.25) is 5.91 Å². The van der Waals surface area contributed by atoms with E-state index in [1.807, 2.05) is 0 Å². The second-order valence-corrected chi connectivity index (χ2v) is 5.25. The first-order valence-electron chi connectivity index (χ1n) is 5.32. The molecule has 1 atom stereocenters. The molecule has 108 valence electrons. The molecule has 1 heterocycles. The van der Waals surface area contributed by atoms with Gasteiger partial charge in [-0.15, -0.1) is 0 Å². The lowest BCUT2D eigenvalue weighted by molar-refractivity contribution is -0.205. The molecule has 1 unspecified atom stereocenters. The van der Waals surface area contributed by atoms with Crippen LogP contribution in [0, 0.1) is 5.41 Å². The zero-order valence-electron chi connectivity index (χ0n) is 10.8. The van der Waals surface area contributed by atoms with E-state index in [0.29, 0.717) is 0 Å². The van der Waals surface area contributed by atoms with Crippen LogP contribution in [0.2, 0.25) is 0 Å². The summed E-state index contributed by atoms with van der Waals surface area (Å²) in [4.78, 5) is 34.8. The number of hydrogen-bond acceptors (Lipinski definition) is 3. The molecule has 1 saturated heterocycles. The smallest absolute Gasteiger partial charge is 0.317 e. The van der Waals surface area contributed by atoms with Crippen LogP contribution in [0.4, 0.5) is 18.0 Å². The van der Waals surface area contributed by atoms with Gasteiger partial charge < -0.3 is 5.32 Å². The van der Waals surface area contributed by atoms with Gasteiger partial charge in [0.15, 0.2) is 0 Å². The van der Waals surface area contributed by atoms with Crippen LogP contribution in [0.15, 0.2) is 0 Å². The standard InChI is InChI=1S/C10H14F3N3O3/c1-8(2,3)5(17)14-9(10(11,12)13)6(18)16(4)7(19)15-9/h1-4H3,(H,14,17)(H,15,19). The Labute approximate surface area is 107 Å². The summed E-state index contributed by atoms with van der Waals surface area (Å²) in [6.07, 6.45) is -5.15. The maximum Gasteiger partial charge on any atom is 0.440 e. The highest BCUT2D eigenvalue weighted by atomic mass is 19.4. The van der Waals surface area contributed by atoms with E-state index in [1.54, 1.807) is 5.32 Å². The van der Waals surface area contributed by atoms with Crippen LogP contribution < -0.4 is 10.6 Å². The highest BCUT2D eigenvalue weighted by Crippen LogP contribution is 2.34. The van der Waals surface area contributed by atoms with Crippen molar-refractivity contribution < 1.29 is 27.6 Å². The molecule has 0 aliphatic carbocycles. The topological polar surface area (TPSA) is 78.5 Å². The summed E-state index contributed by atoms with van der Waals surface area (Å²) in [5.74, 6) is -2.57. The fourth-order valence-electron chi connectivity index (χ4n) is 1.35. The van der Waals surface area contributed by atoms with Crippen LogP contribution in [0.3, 0.4) is 0 Å². The summed E-state index contributed by atoms with van der Waals surface area (Å²) in [5.41, 5.74) is -4.55. The molecule has 0 radical (unpaired) electrons. The van der Waals surface area contributed by atoms with Gasteiger partial charge in [0, 0.05) is 12.5 Å². The van der Waals surface area contributed by atoms with E-state index in [4.69, 9.17) is 0 Å². The van der Waals surface area contributed by atoms with Gasteiger partial charge in [-0.1, -0.05) is 20.8 Å². The van der Waals surface area contributed by atoms with E-state index in [-0.39, 0.29) is 4.90 Å². The Morgan fingerprint density at radius 2 is 1.74 bits per heavy atom. The first-order valence-corrected chi connectivity index (χ1v) is 5.32. The second kappa shape index (κ2) is 4.10. The van der Waals surface area contributed by atoms with Crippen LogP contribution in [-0.4, -0.2) is 41.6 Å². The zero-order valence-corrected chi connectivity index (χ0v) is 10.8. The van der Waals surface area contributed by atoms with Crippen molar-refractivity contribution in [3.63, 3.8) is 0 Å². The molecule has 19 heavy (non-hydrogen) atoms. The summed E-state index contributed by atoms with van der Waals surface area (Å²) in [6.45, 7) is 4.16. The minimum Gasteiger partial charge on any atom is -0.317 e. The molecule has 1 fully saturated rings. The van der Waals surface area contributed by atoms with E-state index in [1.165, 1.54) is 26.1 Å². The Hall–Kier alpha value is -1.80. The van der Waals surface area contributed by atoms with Crippen LogP contribution in [0.5, 0.6) is 0 Å². The number of rotatable bonds is 1. The van der Waals surface area contributed by atoms with Crippen LogP contribution in [-0.2, 0) is 9.59 Å². The normalized spacial score (nSPS) is 24.5. The lowest BCUT2D eigenvalue weighted by Crippen LogP contribution is -2.70. The summed E-state index contributed by atoms with van der Waals surface area (Å²) < 4.78 is 39.3. The molecule has 1 rings (SSSR count). The lowest BCUT2D eigenvalue weighted by atomic mass is 9.94. The molecule has 4 amide bonds. The van der Waals surface area contributed by atoms with Crippen molar-refractivity contribution in [1.29, 1.82) is 0 Å². The van der Waals surface area contributed by atoms with E-state index >= 15 is 0 Å². The Morgan fingerprint density at radius 3 is 2.00 bits per heavy atom. The summed E-state index contributed by atoms with van der Waals surface area (Å²) in [6, 6.07) is -1.23. The van der Waals surface area contributed by atoms with Gasteiger partial charge in [0.05, 0.1) is 0 Å².